The number of fused-ring (bicyclic) bond motifs is 1. The molecule has 2 aliphatic rings. The first-order valence-electron chi connectivity index (χ1n) is 7.66. The normalized spacial score (nSPS) is 24.5. The first-order chi connectivity index (χ1) is 11.5. The van der Waals surface area contributed by atoms with Crippen molar-refractivity contribution >= 4 is 21.6 Å². The average molecular weight is 347 g/mol. The van der Waals surface area contributed by atoms with Gasteiger partial charge in [0, 0.05) is 45.0 Å². The van der Waals surface area contributed by atoms with E-state index in [4.69, 9.17) is 0 Å². The molecule has 126 valence electrons. The second-order valence-corrected chi connectivity index (χ2v) is 8.11. The number of aromatic nitrogens is 3. The third-order valence-corrected chi connectivity index (χ3v) is 6.37. The maximum absolute atomic E-state index is 12.7. The largest absolute Gasteiger partial charge is 0.339 e. The van der Waals surface area contributed by atoms with Gasteiger partial charge in [0.15, 0.2) is 5.03 Å². The molecule has 9 heteroatoms. The number of amides is 1. The molecule has 0 aliphatic carbocycles. The van der Waals surface area contributed by atoms with Crippen LogP contribution in [0.1, 0.15) is 0 Å². The summed E-state index contributed by atoms with van der Waals surface area (Å²) < 4.78 is 28.3. The van der Waals surface area contributed by atoms with Crippen molar-refractivity contribution in [1.29, 1.82) is 0 Å². The minimum Gasteiger partial charge on any atom is -0.339 e. The van der Waals surface area contributed by atoms with E-state index in [0.29, 0.717) is 13.1 Å². The predicted molar refractivity (Wildman–Crippen MR) is 85.5 cm³/mol. The molecule has 2 aliphatic heterocycles. The van der Waals surface area contributed by atoms with Gasteiger partial charge in [0.1, 0.15) is 0 Å². The molecule has 2 atom stereocenters. The number of aryl methyl sites for hydroxylation is 1. The topological polar surface area (TPSA) is 88.4 Å². The summed E-state index contributed by atoms with van der Waals surface area (Å²) in [5.41, 5.74) is 0.760. The number of carbonyl (C=O) groups excluding carboxylic acids is 1. The summed E-state index contributed by atoms with van der Waals surface area (Å²) >= 11 is 0. The van der Waals surface area contributed by atoms with E-state index >= 15 is 0 Å². The van der Waals surface area contributed by atoms with Crippen molar-refractivity contribution in [3.8, 4) is 0 Å². The molecule has 2 fully saturated rings. The fourth-order valence-electron chi connectivity index (χ4n) is 3.42. The number of hydrogen-bond donors (Lipinski definition) is 0. The summed E-state index contributed by atoms with van der Waals surface area (Å²) in [5, 5.41) is 0.0292. The molecule has 2 saturated heterocycles. The van der Waals surface area contributed by atoms with Crippen molar-refractivity contribution in [2.45, 2.75) is 5.03 Å². The van der Waals surface area contributed by atoms with E-state index in [1.54, 1.807) is 35.0 Å². The summed E-state index contributed by atoms with van der Waals surface area (Å²) in [6, 6.07) is 3.63. The number of imidazole rings is 1. The SMILES string of the molecule is Cn1cnc(S(=O)(=O)N2C[C@H]3CN(c4cccnc4)C(=O)[C@H]3C2)c1. The molecule has 0 saturated carbocycles. The minimum atomic E-state index is -3.65. The summed E-state index contributed by atoms with van der Waals surface area (Å²) in [4.78, 5) is 22.3. The van der Waals surface area contributed by atoms with Gasteiger partial charge in [-0.3, -0.25) is 9.78 Å². The number of nitrogens with zero attached hydrogens (tertiary/aromatic N) is 5. The van der Waals surface area contributed by atoms with Crippen LogP contribution in [0, 0.1) is 11.8 Å². The molecule has 0 spiro atoms. The van der Waals surface area contributed by atoms with Crippen molar-refractivity contribution in [3.05, 3.63) is 37.1 Å². The lowest BCUT2D eigenvalue weighted by molar-refractivity contribution is -0.120. The summed E-state index contributed by atoms with van der Waals surface area (Å²) in [5.74, 6) is -0.341. The Labute approximate surface area is 139 Å². The zero-order valence-corrected chi connectivity index (χ0v) is 13.9. The quantitative estimate of drug-likeness (QED) is 0.786. The van der Waals surface area contributed by atoms with E-state index in [1.165, 1.54) is 16.8 Å². The first-order valence-corrected chi connectivity index (χ1v) is 9.10. The van der Waals surface area contributed by atoms with E-state index < -0.39 is 10.0 Å². The number of carbonyl (C=O) groups is 1. The zero-order chi connectivity index (χ0) is 16.9. The number of pyridine rings is 1. The lowest BCUT2D eigenvalue weighted by Crippen LogP contribution is -2.35. The van der Waals surface area contributed by atoms with E-state index in [0.717, 1.165) is 5.69 Å². The molecule has 2 aromatic heterocycles. The molecular formula is C15H17N5O3S. The van der Waals surface area contributed by atoms with Gasteiger partial charge < -0.3 is 9.47 Å². The van der Waals surface area contributed by atoms with Gasteiger partial charge in [0.25, 0.3) is 10.0 Å². The van der Waals surface area contributed by atoms with Crippen molar-refractivity contribution in [3.63, 3.8) is 0 Å². The molecule has 2 aromatic rings. The highest BCUT2D eigenvalue weighted by molar-refractivity contribution is 7.89. The molecule has 0 bridgehead atoms. The molecular weight excluding hydrogens is 330 g/mol. The highest BCUT2D eigenvalue weighted by Crippen LogP contribution is 2.36. The van der Waals surface area contributed by atoms with Crippen LogP contribution >= 0.6 is 0 Å². The molecule has 0 unspecified atom stereocenters. The Hall–Kier alpha value is -2.26. The number of hydrogen-bond acceptors (Lipinski definition) is 5. The van der Waals surface area contributed by atoms with Gasteiger partial charge in [-0.2, -0.15) is 4.31 Å². The molecule has 4 rings (SSSR count). The summed E-state index contributed by atoms with van der Waals surface area (Å²) in [6.07, 6.45) is 6.25. The maximum atomic E-state index is 12.7. The van der Waals surface area contributed by atoms with Gasteiger partial charge in [0.05, 0.1) is 24.1 Å². The Morgan fingerprint density at radius 1 is 1.25 bits per heavy atom. The van der Waals surface area contributed by atoms with Crippen molar-refractivity contribution in [1.82, 2.24) is 18.8 Å². The van der Waals surface area contributed by atoms with Gasteiger partial charge in [0.2, 0.25) is 5.91 Å². The second-order valence-electron chi connectivity index (χ2n) is 6.23. The Bertz CT molecular complexity index is 880. The van der Waals surface area contributed by atoms with Crippen molar-refractivity contribution in [2.24, 2.45) is 18.9 Å². The van der Waals surface area contributed by atoms with Gasteiger partial charge in [-0.1, -0.05) is 0 Å². The van der Waals surface area contributed by atoms with E-state index in [2.05, 4.69) is 9.97 Å². The third-order valence-electron chi connectivity index (χ3n) is 4.65. The Morgan fingerprint density at radius 2 is 2.08 bits per heavy atom. The smallest absolute Gasteiger partial charge is 0.262 e. The van der Waals surface area contributed by atoms with Crippen molar-refractivity contribution < 1.29 is 13.2 Å². The van der Waals surface area contributed by atoms with Crippen LogP contribution in [0.5, 0.6) is 0 Å². The van der Waals surface area contributed by atoms with Crippen LogP contribution in [0.2, 0.25) is 0 Å². The Morgan fingerprint density at radius 3 is 2.71 bits per heavy atom. The number of anilines is 1. The monoisotopic (exact) mass is 347 g/mol. The third kappa shape index (κ3) is 2.31. The second kappa shape index (κ2) is 5.38. The van der Waals surface area contributed by atoms with E-state index in [1.807, 2.05) is 6.07 Å². The molecule has 1 amide bonds. The number of sulfonamides is 1. The fourth-order valence-corrected chi connectivity index (χ4v) is 4.91. The molecule has 0 N–H and O–H groups in total. The first kappa shape index (κ1) is 15.3. The van der Waals surface area contributed by atoms with Gasteiger partial charge in [-0.05, 0) is 12.1 Å². The molecule has 24 heavy (non-hydrogen) atoms. The van der Waals surface area contributed by atoms with Gasteiger partial charge in [-0.25, -0.2) is 13.4 Å². The Kier molecular flexibility index (Phi) is 3.43. The molecule has 0 aromatic carbocycles. The standard InChI is InChI=1S/C15H17N5O3S/c1-18-9-14(17-10-18)24(22,23)19-6-11-7-20(15(21)13(11)8-19)12-3-2-4-16-5-12/h2-5,9-11,13H,6-8H2,1H3/t11-,13-/m0/s1. The fraction of sp³-hybridized carbons (Fsp3) is 0.400. The zero-order valence-electron chi connectivity index (χ0n) is 13.1. The lowest BCUT2D eigenvalue weighted by atomic mass is 10.0. The van der Waals surface area contributed by atoms with Crippen LogP contribution in [0.25, 0.3) is 0 Å². The van der Waals surface area contributed by atoms with Crippen LogP contribution in [0.3, 0.4) is 0 Å². The molecule has 4 heterocycles. The lowest BCUT2D eigenvalue weighted by Gasteiger charge is -2.20. The van der Waals surface area contributed by atoms with Crippen LogP contribution in [0.4, 0.5) is 5.69 Å². The maximum Gasteiger partial charge on any atom is 0.262 e. The summed E-state index contributed by atoms with van der Waals surface area (Å²) in [7, 11) is -1.92. The minimum absolute atomic E-state index is 0.00352. The van der Waals surface area contributed by atoms with Crippen molar-refractivity contribution in [2.75, 3.05) is 24.5 Å². The summed E-state index contributed by atoms with van der Waals surface area (Å²) in [6.45, 7) is 1.06. The highest BCUT2D eigenvalue weighted by atomic mass is 32.2. The van der Waals surface area contributed by atoms with Crippen LogP contribution in [-0.2, 0) is 21.9 Å². The molecule has 8 nitrogen and oxygen atoms in total. The highest BCUT2D eigenvalue weighted by Gasteiger charge is 2.50. The van der Waals surface area contributed by atoms with E-state index in [-0.39, 0.29) is 29.3 Å². The van der Waals surface area contributed by atoms with Crippen LogP contribution in [0.15, 0.2) is 42.1 Å². The predicted octanol–water partition coefficient (Wildman–Crippen LogP) is 0.0986. The van der Waals surface area contributed by atoms with Crippen LogP contribution in [-0.4, -0.2) is 52.8 Å². The van der Waals surface area contributed by atoms with Gasteiger partial charge in [-0.15, -0.1) is 0 Å². The number of rotatable bonds is 3. The molecule has 0 radical (unpaired) electrons. The van der Waals surface area contributed by atoms with Crippen LogP contribution < -0.4 is 4.90 Å². The average Bonchev–Trinajstić information content (AvgIpc) is 3.25. The Balaban J connectivity index is 1.54. The van der Waals surface area contributed by atoms with E-state index in [9.17, 15) is 13.2 Å². The van der Waals surface area contributed by atoms with Gasteiger partial charge >= 0.3 is 0 Å².